The molecule has 2 heteroatoms. The maximum absolute atomic E-state index is 13.1. The molecule has 1 saturated carbocycles. The first kappa shape index (κ1) is 12.6. The second kappa shape index (κ2) is 5.63. The first-order chi connectivity index (χ1) is 8.20. The van der Waals surface area contributed by atoms with Crippen LogP contribution in [0.5, 0.6) is 0 Å². The normalized spacial score (nSPS) is 24.9. The molecule has 1 aliphatic rings. The Labute approximate surface area is 103 Å². The first-order valence-electron chi connectivity index (χ1n) is 6.70. The zero-order chi connectivity index (χ0) is 12.3. The van der Waals surface area contributed by atoms with Crippen molar-refractivity contribution in [3.63, 3.8) is 0 Å². The number of halogens is 1. The van der Waals surface area contributed by atoms with Gasteiger partial charge >= 0.3 is 0 Å². The average Bonchev–Trinajstić information content (AvgIpc) is 2.29. The van der Waals surface area contributed by atoms with Crippen LogP contribution in [0.25, 0.3) is 0 Å². The van der Waals surface area contributed by atoms with Crippen LogP contribution in [0.15, 0.2) is 18.2 Å². The predicted octanol–water partition coefficient (Wildman–Crippen LogP) is 3.77. The van der Waals surface area contributed by atoms with E-state index in [1.165, 1.54) is 31.2 Å². The lowest BCUT2D eigenvalue weighted by molar-refractivity contribution is 0.343. The van der Waals surface area contributed by atoms with Crippen molar-refractivity contribution in [3.05, 3.63) is 35.1 Å². The third-order valence-corrected chi connectivity index (χ3v) is 3.84. The fourth-order valence-corrected chi connectivity index (χ4v) is 3.04. The van der Waals surface area contributed by atoms with Crippen LogP contribution in [0.2, 0.25) is 0 Å². The van der Waals surface area contributed by atoms with E-state index in [1.807, 2.05) is 13.0 Å². The van der Waals surface area contributed by atoms with Crippen molar-refractivity contribution in [2.24, 2.45) is 0 Å². The van der Waals surface area contributed by atoms with Crippen LogP contribution in [-0.2, 0) is 0 Å². The molecule has 2 atom stereocenters. The lowest BCUT2D eigenvalue weighted by Gasteiger charge is -2.30. The summed E-state index contributed by atoms with van der Waals surface area (Å²) in [6.07, 6.45) is 5.00. The van der Waals surface area contributed by atoms with Crippen LogP contribution in [0.3, 0.4) is 0 Å². The zero-order valence-corrected chi connectivity index (χ0v) is 10.8. The van der Waals surface area contributed by atoms with Gasteiger partial charge in [0.05, 0.1) is 0 Å². The van der Waals surface area contributed by atoms with Crippen molar-refractivity contribution >= 4 is 0 Å². The molecule has 0 aromatic heterocycles. The highest BCUT2D eigenvalue weighted by atomic mass is 19.1. The Bertz CT molecular complexity index is 373. The quantitative estimate of drug-likeness (QED) is 0.841. The minimum Gasteiger partial charge on any atom is -0.314 e. The third kappa shape index (κ3) is 3.06. The molecule has 2 rings (SSSR count). The van der Waals surface area contributed by atoms with E-state index in [1.54, 1.807) is 12.1 Å². The maximum atomic E-state index is 13.1. The second-order valence-corrected chi connectivity index (χ2v) is 5.12. The summed E-state index contributed by atoms with van der Waals surface area (Å²) in [7, 11) is 0. The Morgan fingerprint density at radius 2 is 2.18 bits per heavy atom. The van der Waals surface area contributed by atoms with Gasteiger partial charge in [0.25, 0.3) is 0 Å². The van der Waals surface area contributed by atoms with Gasteiger partial charge in [0.2, 0.25) is 0 Å². The molecule has 1 aliphatic carbocycles. The highest BCUT2D eigenvalue weighted by Gasteiger charge is 2.23. The van der Waals surface area contributed by atoms with Crippen molar-refractivity contribution in [2.75, 3.05) is 6.54 Å². The highest BCUT2D eigenvalue weighted by Crippen LogP contribution is 2.34. The van der Waals surface area contributed by atoms with Gasteiger partial charge in [0.1, 0.15) is 5.82 Å². The van der Waals surface area contributed by atoms with Gasteiger partial charge in [-0.15, -0.1) is 0 Å². The van der Waals surface area contributed by atoms with Gasteiger partial charge < -0.3 is 5.32 Å². The second-order valence-electron chi connectivity index (χ2n) is 5.12. The maximum Gasteiger partial charge on any atom is 0.123 e. The van der Waals surface area contributed by atoms with Crippen LogP contribution < -0.4 is 5.32 Å². The van der Waals surface area contributed by atoms with Gasteiger partial charge in [0.15, 0.2) is 0 Å². The summed E-state index contributed by atoms with van der Waals surface area (Å²) < 4.78 is 13.1. The minimum atomic E-state index is -0.120. The standard InChI is InChI=1S/C15H22FN/c1-3-17-14-6-4-5-12(10-14)15-8-7-13(16)9-11(15)2/h7-9,12,14,17H,3-6,10H2,1-2H3. The van der Waals surface area contributed by atoms with Crippen molar-refractivity contribution in [1.29, 1.82) is 0 Å². The van der Waals surface area contributed by atoms with Crippen molar-refractivity contribution in [1.82, 2.24) is 5.32 Å². The third-order valence-electron chi connectivity index (χ3n) is 3.84. The van der Waals surface area contributed by atoms with Gasteiger partial charge in [0, 0.05) is 6.04 Å². The summed E-state index contributed by atoms with van der Waals surface area (Å²) in [4.78, 5) is 0. The van der Waals surface area contributed by atoms with Crippen LogP contribution in [0, 0.1) is 12.7 Å². The fourth-order valence-electron chi connectivity index (χ4n) is 3.04. The van der Waals surface area contributed by atoms with Crippen LogP contribution in [-0.4, -0.2) is 12.6 Å². The van der Waals surface area contributed by atoms with E-state index in [0.717, 1.165) is 12.1 Å². The molecule has 1 nitrogen and oxygen atoms in total. The van der Waals surface area contributed by atoms with Crippen molar-refractivity contribution in [3.8, 4) is 0 Å². The molecule has 0 radical (unpaired) electrons. The Kier molecular flexibility index (Phi) is 4.16. The molecule has 0 saturated heterocycles. The number of hydrogen-bond acceptors (Lipinski definition) is 1. The summed E-state index contributed by atoms with van der Waals surface area (Å²) in [5.41, 5.74) is 2.45. The van der Waals surface area contributed by atoms with E-state index in [-0.39, 0.29) is 5.82 Å². The van der Waals surface area contributed by atoms with E-state index in [4.69, 9.17) is 0 Å². The molecule has 94 valence electrons. The Morgan fingerprint density at radius 1 is 1.35 bits per heavy atom. The van der Waals surface area contributed by atoms with Gasteiger partial charge in [-0.05, 0) is 61.9 Å². The van der Waals surface area contributed by atoms with Crippen molar-refractivity contribution in [2.45, 2.75) is 51.5 Å². The van der Waals surface area contributed by atoms with E-state index >= 15 is 0 Å². The largest absolute Gasteiger partial charge is 0.314 e. The van der Waals surface area contributed by atoms with Gasteiger partial charge in [-0.1, -0.05) is 19.4 Å². The summed E-state index contributed by atoms with van der Waals surface area (Å²) in [6.45, 7) is 5.22. The molecule has 17 heavy (non-hydrogen) atoms. The number of rotatable bonds is 3. The number of aryl methyl sites for hydroxylation is 1. The van der Waals surface area contributed by atoms with Crippen LogP contribution in [0.4, 0.5) is 4.39 Å². The fraction of sp³-hybridized carbons (Fsp3) is 0.600. The summed E-state index contributed by atoms with van der Waals surface area (Å²) in [6, 6.07) is 5.87. The van der Waals surface area contributed by atoms with E-state index in [0.29, 0.717) is 12.0 Å². The molecule has 0 heterocycles. The van der Waals surface area contributed by atoms with Crippen LogP contribution in [0.1, 0.15) is 49.7 Å². The molecular weight excluding hydrogens is 213 g/mol. The van der Waals surface area contributed by atoms with Crippen LogP contribution >= 0.6 is 0 Å². The van der Waals surface area contributed by atoms with E-state index < -0.39 is 0 Å². The molecule has 0 amide bonds. The number of benzene rings is 1. The summed E-state index contributed by atoms with van der Waals surface area (Å²) in [5.74, 6) is 0.485. The molecule has 2 unspecified atom stereocenters. The molecule has 1 aromatic rings. The molecule has 0 spiro atoms. The minimum absolute atomic E-state index is 0.120. The Hall–Kier alpha value is -0.890. The molecule has 0 aliphatic heterocycles. The lowest BCUT2D eigenvalue weighted by Crippen LogP contribution is -2.33. The Balaban J connectivity index is 2.10. The molecular formula is C15H22FN. The lowest BCUT2D eigenvalue weighted by atomic mass is 9.80. The van der Waals surface area contributed by atoms with Gasteiger partial charge in [-0.25, -0.2) is 4.39 Å². The molecule has 0 bridgehead atoms. The van der Waals surface area contributed by atoms with E-state index in [9.17, 15) is 4.39 Å². The van der Waals surface area contributed by atoms with E-state index in [2.05, 4.69) is 12.2 Å². The number of nitrogens with one attached hydrogen (secondary N) is 1. The Morgan fingerprint density at radius 3 is 2.88 bits per heavy atom. The zero-order valence-electron chi connectivity index (χ0n) is 10.8. The molecule has 1 aromatic carbocycles. The van der Waals surface area contributed by atoms with Crippen molar-refractivity contribution < 1.29 is 4.39 Å². The molecule has 1 N–H and O–H groups in total. The smallest absolute Gasteiger partial charge is 0.123 e. The average molecular weight is 235 g/mol. The van der Waals surface area contributed by atoms with Gasteiger partial charge in [-0.2, -0.15) is 0 Å². The monoisotopic (exact) mass is 235 g/mol. The summed E-state index contributed by atoms with van der Waals surface area (Å²) >= 11 is 0. The van der Waals surface area contributed by atoms with Gasteiger partial charge in [-0.3, -0.25) is 0 Å². The predicted molar refractivity (Wildman–Crippen MR) is 69.8 cm³/mol. The molecule has 1 fully saturated rings. The highest BCUT2D eigenvalue weighted by molar-refractivity contribution is 5.30. The topological polar surface area (TPSA) is 12.0 Å². The SMILES string of the molecule is CCNC1CCCC(c2ccc(F)cc2C)C1. The number of hydrogen-bond donors (Lipinski definition) is 1. The first-order valence-corrected chi connectivity index (χ1v) is 6.70. The summed E-state index contributed by atoms with van der Waals surface area (Å²) in [5, 5.41) is 3.54.